The van der Waals surface area contributed by atoms with Crippen molar-refractivity contribution in [3.05, 3.63) is 29.8 Å². The van der Waals surface area contributed by atoms with Gasteiger partial charge in [0, 0.05) is 5.56 Å². The summed E-state index contributed by atoms with van der Waals surface area (Å²) in [5, 5.41) is 17.9. The van der Waals surface area contributed by atoms with Crippen LogP contribution in [-0.4, -0.2) is 22.9 Å². The van der Waals surface area contributed by atoms with E-state index in [2.05, 4.69) is 0 Å². The number of benzene rings is 1. The first kappa shape index (κ1) is 10.0. The fraction of sp³-hybridized carbons (Fsp3) is 0.400. The van der Waals surface area contributed by atoms with E-state index in [9.17, 15) is 0 Å². The monoisotopic (exact) mass is 182 g/mol. The van der Waals surface area contributed by atoms with Crippen LogP contribution in [0.15, 0.2) is 24.3 Å². The zero-order valence-electron chi connectivity index (χ0n) is 7.60. The van der Waals surface area contributed by atoms with E-state index in [0.717, 1.165) is 5.56 Å². The summed E-state index contributed by atoms with van der Waals surface area (Å²) in [5.74, 6) is 0.630. The lowest BCUT2D eigenvalue weighted by Crippen LogP contribution is -2.13. The number of hydrogen-bond acceptors (Lipinski definition) is 3. The second-order valence-corrected chi connectivity index (χ2v) is 2.93. The molecule has 13 heavy (non-hydrogen) atoms. The molecule has 1 atom stereocenters. The second-order valence-electron chi connectivity index (χ2n) is 2.93. The molecule has 1 aromatic carbocycles. The molecule has 72 valence electrons. The normalized spacial score (nSPS) is 12.5. The highest BCUT2D eigenvalue weighted by Crippen LogP contribution is 2.17. The number of ether oxygens (including phenoxy) is 1. The van der Waals surface area contributed by atoms with Gasteiger partial charge in [0.25, 0.3) is 0 Å². The fourth-order valence-electron chi connectivity index (χ4n) is 0.986. The van der Waals surface area contributed by atoms with E-state index in [1.165, 1.54) is 0 Å². The Morgan fingerprint density at radius 2 is 2.08 bits per heavy atom. The second kappa shape index (κ2) is 4.84. The molecule has 0 bridgehead atoms. The molecule has 0 aliphatic heterocycles. The Labute approximate surface area is 77.6 Å². The predicted molar refractivity (Wildman–Crippen MR) is 49.5 cm³/mol. The minimum atomic E-state index is -0.494. The van der Waals surface area contributed by atoms with Crippen LogP contribution in [0.5, 0.6) is 5.75 Å². The molecule has 0 spiro atoms. The molecule has 0 aromatic heterocycles. The summed E-state index contributed by atoms with van der Waals surface area (Å²) in [6.45, 7) is 1.86. The van der Waals surface area contributed by atoms with Gasteiger partial charge >= 0.3 is 0 Å². The van der Waals surface area contributed by atoms with Crippen LogP contribution < -0.4 is 4.74 Å². The first-order chi connectivity index (χ1) is 6.24. The van der Waals surface area contributed by atoms with Gasteiger partial charge in [0.05, 0.1) is 12.7 Å². The van der Waals surface area contributed by atoms with Crippen LogP contribution >= 0.6 is 0 Å². The van der Waals surface area contributed by atoms with Crippen molar-refractivity contribution in [2.24, 2.45) is 0 Å². The largest absolute Gasteiger partial charge is 0.491 e. The molecule has 3 nitrogen and oxygen atoms in total. The maximum atomic E-state index is 8.99. The number of aliphatic hydroxyl groups excluding tert-OH is 2. The highest BCUT2D eigenvalue weighted by molar-refractivity contribution is 5.32. The Hall–Kier alpha value is -1.06. The minimum absolute atomic E-state index is 0.0457. The van der Waals surface area contributed by atoms with Gasteiger partial charge in [0.2, 0.25) is 0 Å². The molecule has 1 rings (SSSR count). The topological polar surface area (TPSA) is 49.7 Å². The average molecular weight is 182 g/mol. The Kier molecular flexibility index (Phi) is 3.73. The summed E-state index contributed by atoms with van der Waals surface area (Å²) in [4.78, 5) is 0. The van der Waals surface area contributed by atoms with Gasteiger partial charge in [-0.3, -0.25) is 0 Å². The van der Waals surface area contributed by atoms with Crippen LogP contribution in [0.2, 0.25) is 0 Å². The van der Waals surface area contributed by atoms with Crippen LogP contribution in [0.4, 0.5) is 0 Å². The number of hydrogen-bond donors (Lipinski definition) is 2. The van der Waals surface area contributed by atoms with Crippen molar-refractivity contribution in [2.75, 3.05) is 6.61 Å². The van der Waals surface area contributed by atoms with Gasteiger partial charge in [0.15, 0.2) is 0 Å². The van der Waals surface area contributed by atoms with Crippen molar-refractivity contribution in [2.45, 2.75) is 19.6 Å². The summed E-state index contributed by atoms with van der Waals surface area (Å²) in [6, 6.07) is 7.22. The van der Waals surface area contributed by atoms with Gasteiger partial charge in [-0.25, -0.2) is 0 Å². The molecule has 0 saturated carbocycles. The minimum Gasteiger partial charge on any atom is -0.491 e. The zero-order valence-corrected chi connectivity index (χ0v) is 7.60. The molecular formula is C10H14O3. The SMILES string of the molecule is CC(O)COc1ccccc1CO. The van der Waals surface area contributed by atoms with E-state index >= 15 is 0 Å². The van der Waals surface area contributed by atoms with Crippen molar-refractivity contribution < 1.29 is 14.9 Å². The van der Waals surface area contributed by atoms with Gasteiger partial charge in [-0.15, -0.1) is 0 Å². The van der Waals surface area contributed by atoms with E-state index < -0.39 is 6.10 Å². The van der Waals surface area contributed by atoms with Gasteiger partial charge < -0.3 is 14.9 Å². The smallest absolute Gasteiger partial charge is 0.124 e. The average Bonchev–Trinajstić information content (AvgIpc) is 2.15. The molecule has 0 amide bonds. The predicted octanol–water partition coefficient (Wildman–Crippen LogP) is 0.938. The number of aliphatic hydroxyl groups is 2. The molecule has 3 heteroatoms. The molecule has 1 aromatic rings. The number of rotatable bonds is 4. The lowest BCUT2D eigenvalue weighted by molar-refractivity contribution is 0.121. The lowest BCUT2D eigenvalue weighted by atomic mass is 10.2. The quantitative estimate of drug-likeness (QED) is 0.728. The Morgan fingerprint density at radius 3 is 2.69 bits per heavy atom. The third-order valence-corrected chi connectivity index (χ3v) is 1.62. The Balaban J connectivity index is 2.64. The van der Waals surface area contributed by atoms with Crippen LogP contribution in [0, 0.1) is 0 Å². The van der Waals surface area contributed by atoms with Crippen molar-refractivity contribution in [1.29, 1.82) is 0 Å². The van der Waals surface area contributed by atoms with E-state index in [-0.39, 0.29) is 13.2 Å². The first-order valence-electron chi connectivity index (χ1n) is 4.23. The molecule has 1 unspecified atom stereocenters. The maximum absolute atomic E-state index is 8.99. The summed E-state index contributed by atoms with van der Waals surface area (Å²) >= 11 is 0. The Bertz CT molecular complexity index is 258. The van der Waals surface area contributed by atoms with E-state index in [0.29, 0.717) is 5.75 Å². The van der Waals surface area contributed by atoms with Crippen LogP contribution in [-0.2, 0) is 6.61 Å². The van der Waals surface area contributed by atoms with Crippen LogP contribution in [0.3, 0.4) is 0 Å². The molecule has 0 heterocycles. The third kappa shape index (κ3) is 3.05. The summed E-state index contributed by atoms with van der Waals surface area (Å²) in [5.41, 5.74) is 0.739. The molecule has 0 aliphatic rings. The van der Waals surface area contributed by atoms with Crippen molar-refractivity contribution in [1.82, 2.24) is 0 Å². The maximum Gasteiger partial charge on any atom is 0.124 e. The molecule has 0 saturated heterocycles. The molecule has 0 fully saturated rings. The number of para-hydroxylation sites is 1. The lowest BCUT2D eigenvalue weighted by Gasteiger charge is -2.10. The van der Waals surface area contributed by atoms with Crippen molar-refractivity contribution >= 4 is 0 Å². The molecule has 0 radical (unpaired) electrons. The zero-order chi connectivity index (χ0) is 9.68. The highest BCUT2D eigenvalue weighted by Gasteiger charge is 2.02. The Morgan fingerprint density at radius 1 is 1.38 bits per heavy atom. The van der Waals surface area contributed by atoms with Crippen LogP contribution in [0.25, 0.3) is 0 Å². The van der Waals surface area contributed by atoms with Gasteiger partial charge in [-0.2, -0.15) is 0 Å². The van der Waals surface area contributed by atoms with E-state index in [4.69, 9.17) is 14.9 Å². The van der Waals surface area contributed by atoms with Crippen molar-refractivity contribution in [3.63, 3.8) is 0 Å². The molecule has 0 aliphatic carbocycles. The fourth-order valence-corrected chi connectivity index (χ4v) is 0.986. The summed E-state index contributed by atoms with van der Waals surface area (Å²) in [6.07, 6.45) is -0.494. The van der Waals surface area contributed by atoms with Gasteiger partial charge in [-0.05, 0) is 13.0 Å². The molecule has 2 N–H and O–H groups in total. The standard InChI is InChI=1S/C10H14O3/c1-8(12)7-13-10-5-3-2-4-9(10)6-11/h2-5,8,11-12H,6-7H2,1H3. The summed E-state index contributed by atoms with van der Waals surface area (Å²) in [7, 11) is 0. The third-order valence-electron chi connectivity index (χ3n) is 1.62. The van der Waals surface area contributed by atoms with E-state index in [1.807, 2.05) is 12.1 Å². The van der Waals surface area contributed by atoms with Gasteiger partial charge in [-0.1, -0.05) is 18.2 Å². The van der Waals surface area contributed by atoms with Gasteiger partial charge in [0.1, 0.15) is 12.4 Å². The molecular weight excluding hydrogens is 168 g/mol. The van der Waals surface area contributed by atoms with Crippen molar-refractivity contribution in [3.8, 4) is 5.75 Å². The van der Waals surface area contributed by atoms with Crippen LogP contribution in [0.1, 0.15) is 12.5 Å². The first-order valence-corrected chi connectivity index (χ1v) is 4.23. The van der Waals surface area contributed by atoms with E-state index in [1.54, 1.807) is 19.1 Å². The summed E-state index contributed by atoms with van der Waals surface area (Å²) < 4.78 is 5.28. The highest BCUT2D eigenvalue weighted by atomic mass is 16.5.